The van der Waals surface area contributed by atoms with Gasteiger partial charge in [-0.25, -0.2) is 0 Å². The normalized spacial score (nSPS) is 14.0. The molecule has 0 spiro atoms. The van der Waals surface area contributed by atoms with Crippen molar-refractivity contribution in [2.45, 2.75) is 64.1 Å². The third-order valence-electron chi connectivity index (χ3n) is 4.08. The van der Waals surface area contributed by atoms with Crippen LogP contribution in [-0.2, 0) is 4.52 Å². The molecule has 0 aliphatic heterocycles. The predicted molar refractivity (Wildman–Crippen MR) is 120 cm³/mol. The summed E-state index contributed by atoms with van der Waals surface area (Å²) in [7, 11) is -0.851. The lowest BCUT2D eigenvalue weighted by Gasteiger charge is -2.42. The Bertz CT molecular complexity index is 622. The molecule has 3 heteroatoms. The van der Waals surface area contributed by atoms with Gasteiger partial charge in [-0.15, -0.1) is 11.8 Å². The highest BCUT2D eigenvalue weighted by molar-refractivity contribution is 8.01. The number of thioether (sulfide) groups is 1. The summed E-state index contributed by atoms with van der Waals surface area (Å²) in [6.07, 6.45) is 0. The van der Waals surface area contributed by atoms with E-state index in [4.69, 9.17) is 4.52 Å². The van der Waals surface area contributed by atoms with E-state index in [1.807, 2.05) is 11.8 Å². The SMILES string of the molecule is CC(C)[C@@H](SC(C)(C)C)C(C)(C)OP(c1ccccc1)c1ccccc1. The second-order valence-corrected chi connectivity index (χ2v) is 12.3. The quantitative estimate of drug-likeness (QED) is 0.509. The van der Waals surface area contributed by atoms with Crippen molar-refractivity contribution in [1.82, 2.24) is 0 Å². The minimum atomic E-state index is -0.851. The highest BCUT2D eigenvalue weighted by atomic mass is 32.2. The van der Waals surface area contributed by atoms with Gasteiger partial charge in [0.15, 0.2) is 0 Å². The molecule has 2 aromatic rings. The summed E-state index contributed by atoms with van der Waals surface area (Å²) in [5.74, 6) is 0.539. The van der Waals surface area contributed by atoms with E-state index in [-0.39, 0.29) is 10.3 Å². The highest BCUT2D eigenvalue weighted by Gasteiger charge is 2.38. The van der Waals surface area contributed by atoms with Crippen LogP contribution < -0.4 is 10.6 Å². The van der Waals surface area contributed by atoms with Gasteiger partial charge >= 0.3 is 0 Å². The molecule has 0 amide bonds. The molecule has 26 heavy (non-hydrogen) atoms. The molecule has 1 atom stereocenters. The Morgan fingerprint density at radius 1 is 0.769 bits per heavy atom. The summed E-state index contributed by atoms with van der Waals surface area (Å²) in [4.78, 5) is 0. The van der Waals surface area contributed by atoms with Crippen LogP contribution in [-0.4, -0.2) is 15.6 Å². The predicted octanol–water partition coefficient (Wildman–Crippen LogP) is 6.39. The lowest BCUT2D eigenvalue weighted by atomic mass is 9.95. The largest absolute Gasteiger partial charge is 0.343 e. The average Bonchev–Trinajstić information content (AvgIpc) is 2.58. The fraction of sp³-hybridized carbons (Fsp3) is 0.478. The highest BCUT2D eigenvalue weighted by Crippen LogP contribution is 2.47. The topological polar surface area (TPSA) is 9.23 Å². The van der Waals surface area contributed by atoms with Crippen LogP contribution in [0.15, 0.2) is 60.7 Å². The number of hydrogen-bond donors (Lipinski definition) is 0. The maximum absolute atomic E-state index is 6.92. The van der Waals surface area contributed by atoms with E-state index in [9.17, 15) is 0 Å². The van der Waals surface area contributed by atoms with E-state index in [1.165, 1.54) is 10.6 Å². The summed E-state index contributed by atoms with van der Waals surface area (Å²) >= 11 is 2.03. The first-order chi connectivity index (χ1) is 12.1. The maximum Gasteiger partial charge on any atom is 0.0926 e. The van der Waals surface area contributed by atoms with E-state index in [2.05, 4.69) is 109 Å². The Kier molecular flexibility index (Phi) is 7.36. The van der Waals surface area contributed by atoms with Gasteiger partial charge < -0.3 is 4.52 Å². The Morgan fingerprint density at radius 2 is 1.19 bits per heavy atom. The van der Waals surface area contributed by atoms with E-state index < -0.39 is 8.15 Å². The molecule has 0 saturated heterocycles. The molecule has 142 valence electrons. The molecule has 0 unspecified atom stereocenters. The molecule has 1 nitrogen and oxygen atoms in total. The molecule has 2 aromatic carbocycles. The molecular formula is C23H33OPS. The van der Waals surface area contributed by atoms with Crippen molar-refractivity contribution in [3.8, 4) is 0 Å². The Labute approximate surface area is 165 Å². The Balaban J connectivity index is 2.36. The van der Waals surface area contributed by atoms with Gasteiger partial charge in [-0.2, -0.15) is 0 Å². The van der Waals surface area contributed by atoms with Gasteiger partial charge in [0, 0.05) is 20.6 Å². The molecule has 0 aromatic heterocycles. The first kappa shape index (κ1) is 21.5. The van der Waals surface area contributed by atoms with E-state index in [0.29, 0.717) is 11.2 Å². The van der Waals surface area contributed by atoms with Crippen LogP contribution >= 0.6 is 19.9 Å². The molecule has 0 aliphatic carbocycles. The zero-order valence-electron chi connectivity index (χ0n) is 17.2. The maximum atomic E-state index is 6.92. The zero-order chi connectivity index (χ0) is 19.4. The van der Waals surface area contributed by atoms with Gasteiger partial charge in [0.2, 0.25) is 0 Å². The third-order valence-corrected chi connectivity index (χ3v) is 8.34. The molecule has 0 heterocycles. The summed E-state index contributed by atoms with van der Waals surface area (Å²) < 4.78 is 7.13. The van der Waals surface area contributed by atoms with Crippen molar-refractivity contribution in [2.75, 3.05) is 0 Å². The van der Waals surface area contributed by atoms with E-state index in [1.54, 1.807) is 0 Å². The van der Waals surface area contributed by atoms with Crippen LogP contribution in [0.5, 0.6) is 0 Å². The molecular weight excluding hydrogens is 355 g/mol. The molecule has 2 rings (SSSR count). The lowest BCUT2D eigenvalue weighted by molar-refractivity contribution is 0.112. The lowest BCUT2D eigenvalue weighted by Crippen LogP contribution is -2.42. The van der Waals surface area contributed by atoms with Gasteiger partial charge in [0.1, 0.15) is 0 Å². The molecule has 0 aliphatic rings. The standard InChI is InChI=1S/C23H33OPS/c1-18(2)21(26-22(3,4)5)23(6,7)24-25(19-14-10-8-11-15-19)20-16-12-9-13-17-20/h8-18,21H,1-7H3/t21-/m1/s1. The van der Waals surface area contributed by atoms with Crippen LogP contribution in [0.1, 0.15) is 48.5 Å². The van der Waals surface area contributed by atoms with Gasteiger partial charge in [0.05, 0.1) is 13.7 Å². The second kappa shape index (κ2) is 8.91. The van der Waals surface area contributed by atoms with Crippen molar-refractivity contribution >= 4 is 30.5 Å². The molecule has 0 saturated carbocycles. The Morgan fingerprint density at radius 3 is 1.54 bits per heavy atom. The zero-order valence-corrected chi connectivity index (χ0v) is 18.9. The number of rotatable bonds is 7. The van der Waals surface area contributed by atoms with Crippen LogP contribution in [0.25, 0.3) is 0 Å². The monoisotopic (exact) mass is 388 g/mol. The summed E-state index contributed by atoms with van der Waals surface area (Å²) in [6.45, 7) is 16.0. The molecule has 0 fully saturated rings. The number of hydrogen-bond acceptors (Lipinski definition) is 2. The van der Waals surface area contributed by atoms with Crippen LogP contribution in [0.2, 0.25) is 0 Å². The minimum absolute atomic E-state index is 0.206. The van der Waals surface area contributed by atoms with Crippen LogP contribution in [0.3, 0.4) is 0 Å². The summed E-state index contributed by atoms with van der Waals surface area (Å²) in [5, 5.41) is 2.95. The van der Waals surface area contributed by atoms with Gasteiger partial charge in [0.25, 0.3) is 0 Å². The summed E-state index contributed by atoms with van der Waals surface area (Å²) in [5.41, 5.74) is -0.233. The Hall–Kier alpha value is -0.820. The molecule has 0 bridgehead atoms. The van der Waals surface area contributed by atoms with Gasteiger partial charge in [-0.1, -0.05) is 95.3 Å². The molecule has 0 radical (unpaired) electrons. The van der Waals surface area contributed by atoms with Crippen molar-refractivity contribution in [1.29, 1.82) is 0 Å². The van der Waals surface area contributed by atoms with E-state index in [0.717, 1.165) is 0 Å². The van der Waals surface area contributed by atoms with Gasteiger partial charge in [-0.3, -0.25) is 0 Å². The summed E-state index contributed by atoms with van der Waals surface area (Å²) in [6, 6.07) is 21.3. The molecule has 0 N–H and O–H groups in total. The average molecular weight is 389 g/mol. The third kappa shape index (κ3) is 6.12. The van der Waals surface area contributed by atoms with Crippen molar-refractivity contribution in [2.24, 2.45) is 5.92 Å². The first-order valence-electron chi connectivity index (χ1n) is 9.37. The van der Waals surface area contributed by atoms with Crippen LogP contribution in [0, 0.1) is 5.92 Å². The second-order valence-electron chi connectivity index (χ2n) is 8.56. The smallest absolute Gasteiger partial charge is 0.0926 e. The number of benzene rings is 2. The van der Waals surface area contributed by atoms with Crippen molar-refractivity contribution in [3.05, 3.63) is 60.7 Å². The van der Waals surface area contributed by atoms with Crippen molar-refractivity contribution in [3.63, 3.8) is 0 Å². The van der Waals surface area contributed by atoms with Crippen molar-refractivity contribution < 1.29 is 4.52 Å². The fourth-order valence-electron chi connectivity index (χ4n) is 3.13. The van der Waals surface area contributed by atoms with Crippen LogP contribution in [0.4, 0.5) is 0 Å². The van der Waals surface area contributed by atoms with Gasteiger partial charge in [-0.05, 0) is 19.8 Å². The first-order valence-corrected chi connectivity index (χ1v) is 11.5. The minimum Gasteiger partial charge on any atom is -0.343 e. The fourth-order valence-corrected chi connectivity index (χ4v) is 6.55. The van der Waals surface area contributed by atoms with E-state index >= 15 is 0 Å².